The van der Waals surface area contributed by atoms with E-state index < -0.39 is 0 Å². The van der Waals surface area contributed by atoms with Crippen molar-refractivity contribution in [3.63, 3.8) is 0 Å². The zero-order valence-corrected chi connectivity index (χ0v) is 18.5. The Kier molecular flexibility index (Phi) is 8.76. The summed E-state index contributed by atoms with van der Waals surface area (Å²) in [5.74, 6) is 0.790. The summed E-state index contributed by atoms with van der Waals surface area (Å²) in [5.41, 5.74) is 3.30. The van der Waals surface area contributed by atoms with Gasteiger partial charge in [0.2, 0.25) is 0 Å². The molecule has 0 aromatic heterocycles. The van der Waals surface area contributed by atoms with E-state index in [0.717, 1.165) is 25.2 Å². The number of carbonyl (C=O) groups excluding carboxylic acids is 1. The average molecular weight is 409 g/mol. The van der Waals surface area contributed by atoms with Crippen molar-refractivity contribution in [2.24, 2.45) is 0 Å². The van der Waals surface area contributed by atoms with Crippen LogP contribution in [0, 0.1) is 0 Å². The molecule has 1 N–H and O–H groups in total. The van der Waals surface area contributed by atoms with Crippen LogP contribution in [0.2, 0.25) is 0 Å². The number of unbranched alkanes of at least 4 members (excludes halogenated alkanes) is 2. The van der Waals surface area contributed by atoms with Crippen LogP contribution < -0.4 is 10.1 Å². The number of rotatable bonds is 11. The van der Waals surface area contributed by atoms with Crippen LogP contribution in [-0.2, 0) is 6.42 Å². The van der Waals surface area contributed by atoms with Gasteiger partial charge in [-0.05, 0) is 81.1 Å². The van der Waals surface area contributed by atoms with Gasteiger partial charge in [-0.3, -0.25) is 9.69 Å². The summed E-state index contributed by atoms with van der Waals surface area (Å²) in [5, 5.41) is 3.02. The van der Waals surface area contributed by atoms with Gasteiger partial charge in [0.15, 0.2) is 0 Å². The van der Waals surface area contributed by atoms with Crippen LogP contribution in [0.15, 0.2) is 48.5 Å². The van der Waals surface area contributed by atoms with Gasteiger partial charge >= 0.3 is 0 Å². The zero-order valence-electron chi connectivity index (χ0n) is 18.5. The third kappa shape index (κ3) is 6.60. The Balaban J connectivity index is 1.40. The number of benzene rings is 2. The SMILES string of the molecule is CCCCCOc1ccc(C(=O)NCCc2ccc(C(C)N3CCCC3)cc2)cc1. The Morgan fingerprint density at radius 3 is 2.40 bits per heavy atom. The van der Waals surface area contributed by atoms with E-state index in [1.54, 1.807) is 0 Å². The molecule has 1 heterocycles. The second-order valence-corrected chi connectivity index (χ2v) is 8.25. The van der Waals surface area contributed by atoms with Gasteiger partial charge in [0.25, 0.3) is 5.91 Å². The number of amides is 1. The first kappa shape index (κ1) is 22.4. The Hall–Kier alpha value is -2.33. The monoisotopic (exact) mass is 408 g/mol. The van der Waals surface area contributed by atoms with E-state index >= 15 is 0 Å². The predicted molar refractivity (Wildman–Crippen MR) is 123 cm³/mol. The minimum Gasteiger partial charge on any atom is -0.494 e. The molecule has 1 aliphatic heterocycles. The Labute approximate surface area is 181 Å². The van der Waals surface area contributed by atoms with Crippen LogP contribution >= 0.6 is 0 Å². The van der Waals surface area contributed by atoms with E-state index in [2.05, 4.69) is 48.3 Å². The summed E-state index contributed by atoms with van der Waals surface area (Å²) in [7, 11) is 0. The highest BCUT2D eigenvalue weighted by atomic mass is 16.5. The van der Waals surface area contributed by atoms with Crippen LogP contribution in [0.25, 0.3) is 0 Å². The maximum atomic E-state index is 12.4. The number of hydrogen-bond acceptors (Lipinski definition) is 3. The summed E-state index contributed by atoms with van der Waals surface area (Å²) in [6, 6.07) is 16.8. The van der Waals surface area contributed by atoms with Crippen molar-refractivity contribution in [2.75, 3.05) is 26.2 Å². The fraction of sp³-hybridized carbons (Fsp3) is 0.500. The normalized spacial score (nSPS) is 15.1. The molecule has 0 saturated carbocycles. The van der Waals surface area contributed by atoms with E-state index in [-0.39, 0.29) is 5.91 Å². The molecule has 1 unspecified atom stereocenters. The minimum absolute atomic E-state index is 0.0354. The lowest BCUT2D eigenvalue weighted by atomic mass is 10.0. The molecule has 0 bridgehead atoms. The molecule has 1 atom stereocenters. The van der Waals surface area contributed by atoms with Crippen molar-refractivity contribution in [2.45, 2.75) is 58.4 Å². The third-order valence-electron chi connectivity index (χ3n) is 5.98. The molecule has 4 heteroatoms. The molecule has 3 rings (SSSR count). The second kappa shape index (κ2) is 11.8. The molecule has 162 valence electrons. The van der Waals surface area contributed by atoms with Gasteiger partial charge in [-0.1, -0.05) is 44.0 Å². The molecule has 0 aliphatic carbocycles. The largest absolute Gasteiger partial charge is 0.494 e. The first-order valence-corrected chi connectivity index (χ1v) is 11.5. The Morgan fingerprint density at radius 1 is 1.03 bits per heavy atom. The van der Waals surface area contributed by atoms with Crippen molar-refractivity contribution in [1.29, 1.82) is 0 Å². The minimum atomic E-state index is -0.0354. The van der Waals surface area contributed by atoms with Gasteiger partial charge in [0.1, 0.15) is 5.75 Å². The first-order chi connectivity index (χ1) is 14.7. The molecule has 2 aromatic carbocycles. The highest BCUT2D eigenvalue weighted by Gasteiger charge is 2.19. The summed E-state index contributed by atoms with van der Waals surface area (Å²) >= 11 is 0. The highest BCUT2D eigenvalue weighted by Crippen LogP contribution is 2.24. The lowest BCUT2D eigenvalue weighted by molar-refractivity contribution is 0.0954. The van der Waals surface area contributed by atoms with Crippen molar-refractivity contribution < 1.29 is 9.53 Å². The number of likely N-dealkylation sites (tertiary alicyclic amines) is 1. The quantitative estimate of drug-likeness (QED) is 0.507. The van der Waals surface area contributed by atoms with Crippen molar-refractivity contribution in [3.05, 3.63) is 65.2 Å². The molecule has 1 saturated heterocycles. The van der Waals surface area contributed by atoms with Crippen LogP contribution in [0.1, 0.15) is 73.5 Å². The molecule has 2 aromatic rings. The lowest BCUT2D eigenvalue weighted by Crippen LogP contribution is -2.25. The Morgan fingerprint density at radius 2 is 1.73 bits per heavy atom. The number of nitrogens with zero attached hydrogens (tertiary/aromatic N) is 1. The van der Waals surface area contributed by atoms with Crippen molar-refractivity contribution in [1.82, 2.24) is 10.2 Å². The smallest absolute Gasteiger partial charge is 0.251 e. The molecule has 0 radical (unpaired) electrons. The summed E-state index contributed by atoms with van der Waals surface area (Å²) in [6.45, 7) is 8.26. The average Bonchev–Trinajstić information content (AvgIpc) is 3.32. The fourth-order valence-electron chi connectivity index (χ4n) is 3.97. The molecule has 1 fully saturated rings. The summed E-state index contributed by atoms with van der Waals surface area (Å²) in [6.07, 6.45) is 6.90. The van der Waals surface area contributed by atoms with Crippen LogP contribution in [0.5, 0.6) is 5.75 Å². The standard InChI is InChI=1S/C26H36N2O2/c1-3-4-7-20-30-25-14-12-24(13-15-25)26(29)27-17-16-22-8-10-23(11-9-22)21(2)28-18-5-6-19-28/h8-15,21H,3-7,16-20H2,1-2H3,(H,27,29). The second-order valence-electron chi connectivity index (χ2n) is 8.25. The van der Waals surface area contributed by atoms with Crippen molar-refractivity contribution in [3.8, 4) is 5.75 Å². The van der Waals surface area contributed by atoms with Gasteiger partial charge < -0.3 is 10.1 Å². The highest BCUT2D eigenvalue weighted by molar-refractivity contribution is 5.94. The van der Waals surface area contributed by atoms with Gasteiger partial charge in [0.05, 0.1) is 6.61 Å². The third-order valence-corrected chi connectivity index (χ3v) is 5.98. The van der Waals surface area contributed by atoms with Crippen LogP contribution in [0.3, 0.4) is 0 Å². The maximum Gasteiger partial charge on any atom is 0.251 e. The maximum absolute atomic E-state index is 12.4. The fourth-order valence-corrected chi connectivity index (χ4v) is 3.97. The molecular weight excluding hydrogens is 372 g/mol. The predicted octanol–water partition coefficient (Wildman–Crippen LogP) is 5.38. The number of ether oxygens (including phenoxy) is 1. The van der Waals surface area contributed by atoms with Gasteiger partial charge in [-0.15, -0.1) is 0 Å². The summed E-state index contributed by atoms with van der Waals surface area (Å²) < 4.78 is 5.71. The van der Waals surface area contributed by atoms with E-state index in [4.69, 9.17) is 4.74 Å². The number of carbonyl (C=O) groups is 1. The molecule has 1 aliphatic rings. The van der Waals surface area contributed by atoms with E-state index in [1.807, 2.05) is 24.3 Å². The molecule has 4 nitrogen and oxygen atoms in total. The topological polar surface area (TPSA) is 41.6 Å². The van der Waals surface area contributed by atoms with Gasteiger partial charge in [0, 0.05) is 18.2 Å². The van der Waals surface area contributed by atoms with E-state index in [0.29, 0.717) is 18.2 Å². The summed E-state index contributed by atoms with van der Waals surface area (Å²) in [4.78, 5) is 14.9. The molecule has 0 spiro atoms. The Bertz CT molecular complexity index is 765. The zero-order chi connectivity index (χ0) is 21.2. The molecular formula is C26H36N2O2. The van der Waals surface area contributed by atoms with Gasteiger partial charge in [-0.2, -0.15) is 0 Å². The van der Waals surface area contributed by atoms with Crippen LogP contribution in [-0.4, -0.2) is 37.0 Å². The van der Waals surface area contributed by atoms with Gasteiger partial charge in [-0.25, -0.2) is 0 Å². The molecule has 1 amide bonds. The first-order valence-electron chi connectivity index (χ1n) is 11.5. The van der Waals surface area contributed by atoms with Crippen LogP contribution in [0.4, 0.5) is 0 Å². The van der Waals surface area contributed by atoms with Crippen molar-refractivity contribution >= 4 is 5.91 Å². The lowest BCUT2D eigenvalue weighted by Gasteiger charge is -2.24. The molecule has 30 heavy (non-hydrogen) atoms. The number of nitrogens with one attached hydrogen (secondary N) is 1. The van der Waals surface area contributed by atoms with E-state index in [9.17, 15) is 4.79 Å². The van der Waals surface area contributed by atoms with E-state index in [1.165, 1.54) is 49.9 Å². The number of hydrogen-bond donors (Lipinski definition) is 1.